The maximum Gasteiger partial charge on any atom is 0.128 e. The minimum Gasteiger partial charge on any atom is -0.383 e. The Hall–Kier alpha value is -0.620. The molecule has 1 saturated heterocycles. The van der Waals surface area contributed by atoms with Gasteiger partial charge in [-0.3, -0.25) is 0 Å². The second-order valence-electron chi connectivity index (χ2n) is 4.83. The summed E-state index contributed by atoms with van der Waals surface area (Å²) in [4.78, 5) is 1.01. The first-order valence-electron chi connectivity index (χ1n) is 7.02. The lowest BCUT2D eigenvalue weighted by Gasteiger charge is -2.13. The summed E-state index contributed by atoms with van der Waals surface area (Å²) in [5.74, 6) is 0.751. The molecule has 112 valence electrons. The summed E-state index contributed by atoms with van der Waals surface area (Å²) in [5.41, 5.74) is 0.742. The Morgan fingerprint density at radius 1 is 1.50 bits per heavy atom. The van der Waals surface area contributed by atoms with Gasteiger partial charge in [0.15, 0.2) is 0 Å². The smallest absolute Gasteiger partial charge is 0.128 e. The molecule has 1 aromatic rings. The van der Waals surface area contributed by atoms with Gasteiger partial charge < -0.3 is 14.8 Å². The summed E-state index contributed by atoms with van der Waals surface area (Å²) < 4.78 is 24.5. The molecule has 5 heteroatoms. The molecule has 0 radical (unpaired) electrons. The lowest BCUT2D eigenvalue weighted by atomic mass is 10.2. The van der Waals surface area contributed by atoms with Crippen molar-refractivity contribution in [1.82, 2.24) is 5.32 Å². The maximum absolute atomic E-state index is 13.9. The van der Waals surface area contributed by atoms with Crippen molar-refractivity contribution in [3.63, 3.8) is 0 Å². The Labute approximate surface area is 124 Å². The van der Waals surface area contributed by atoms with Gasteiger partial charge in [-0.15, -0.1) is 11.8 Å². The zero-order valence-corrected chi connectivity index (χ0v) is 12.7. The van der Waals surface area contributed by atoms with Gasteiger partial charge in [-0.05, 0) is 25.0 Å². The van der Waals surface area contributed by atoms with E-state index in [1.165, 1.54) is 6.07 Å². The molecule has 1 unspecified atom stereocenters. The van der Waals surface area contributed by atoms with Crippen LogP contribution in [0.4, 0.5) is 4.39 Å². The molecular weight excluding hydrogens is 277 g/mol. The summed E-state index contributed by atoms with van der Waals surface area (Å²) >= 11 is 1.69. The highest BCUT2D eigenvalue weighted by molar-refractivity contribution is 7.99. The van der Waals surface area contributed by atoms with Crippen molar-refractivity contribution in [2.24, 2.45) is 0 Å². The molecule has 0 spiro atoms. The Balaban J connectivity index is 1.90. The van der Waals surface area contributed by atoms with Crippen LogP contribution < -0.4 is 5.32 Å². The number of nitrogens with one attached hydrogen (secondary N) is 1. The molecule has 1 aliphatic heterocycles. The Morgan fingerprint density at radius 3 is 3.15 bits per heavy atom. The number of hydrogen-bond donors (Lipinski definition) is 1. The molecule has 1 aliphatic rings. The second-order valence-corrected chi connectivity index (χ2v) is 5.89. The standard InChI is InChI=1S/C15H22FNO2S/c1-18-9-7-17-10-13-14(16)5-2-6-15(13)20-11-12-4-3-8-19-12/h2,5-6,12,17H,3-4,7-11H2,1H3. The number of ether oxygens (including phenoxy) is 2. The van der Waals surface area contributed by atoms with E-state index < -0.39 is 0 Å². The molecule has 1 N–H and O–H groups in total. The van der Waals surface area contributed by atoms with Gasteiger partial charge in [0.05, 0.1) is 12.7 Å². The topological polar surface area (TPSA) is 30.5 Å². The van der Waals surface area contributed by atoms with Crippen molar-refractivity contribution in [3.8, 4) is 0 Å². The van der Waals surface area contributed by atoms with Crippen molar-refractivity contribution in [2.45, 2.75) is 30.4 Å². The molecule has 1 aromatic carbocycles. The van der Waals surface area contributed by atoms with Gasteiger partial charge in [-0.1, -0.05) is 6.07 Å². The van der Waals surface area contributed by atoms with Gasteiger partial charge in [-0.2, -0.15) is 0 Å². The molecule has 0 aliphatic carbocycles. The molecule has 1 atom stereocenters. The Bertz CT molecular complexity index is 411. The van der Waals surface area contributed by atoms with E-state index in [1.807, 2.05) is 6.07 Å². The summed E-state index contributed by atoms with van der Waals surface area (Å²) in [6.07, 6.45) is 2.57. The summed E-state index contributed by atoms with van der Waals surface area (Å²) in [6, 6.07) is 5.27. The van der Waals surface area contributed by atoms with E-state index in [-0.39, 0.29) is 5.82 Å². The molecule has 20 heavy (non-hydrogen) atoms. The van der Waals surface area contributed by atoms with Crippen molar-refractivity contribution < 1.29 is 13.9 Å². The van der Waals surface area contributed by atoms with E-state index >= 15 is 0 Å². The average molecular weight is 299 g/mol. The molecule has 0 amide bonds. The van der Waals surface area contributed by atoms with E-state index in [0.717, 1.165) is 42.2 Å². The first kappa shape index (κ1) is 15.8. The van der Waals surface area contributed by atoms with Crippen LogP contribution in [0.3, 0.4) is 0 Å². The van der Waals surface area contributed by atoms with Crippen molar-refractivity contribution in [2.75, 3.05) is 32.6 Å². The molecule has 0 bridgehead atoms. The minimum atomic E-state index is -0.146. The van der Waals surface area contributed by atoms with Gasteiger partial charge in [0.1, 0.15) is 5.82 Å². The fourth-order valence-corrected chi connectivity index (χ4v) is 3.34. The zero-order chi connectivity index (χ0) is 14.2. The van der Waals surface area contributed by atoms with Crippen LogP contribution in [0.15, 0.2) is 23.1 Å². The highest BCUT2D eigenvalue weighted by Gasteiger charge is 2.17. The van der Waals surface area contributed by atoms with Gasteiger partial charge in [0.25, 0.3) is 0 Å². The Morgan fingerprint density at radius 2 is 2.40 bits per heavy atom. The third-order valence-electron chi connectivity index (χ3n) is 3.31. The van der Waals surface area contributed by atoms with Gasteiger partial charge >= 0.3 is 0 Å². The summed E-state index contributed by atoms with van der Waals surface area (Å²) in [5, 5.41) is 3.20. The van der Waals surface area contributed by atoms with Crippen LogP contribution in [0.1, 0.15) is 18.4 Å². The van der Waals surface area contributed by atoms with Gasteiger partial charge in [0.2, 0.25) is 0 Å². The average Bonchev–Trinajstić information content (AvgIpc) is 2.96. The van der Waals surface area contributed by atoms with Crippen LogP contribution in [0, 0.1) is 5.82 Å². The number of hydrogen-bond acceptors (Lipinski definition) is 4. The normalized spacial score (nSPS) is 18.6. The molecule has 1 fully saturated rings. The predicted octanol–water partition coefficient (Wildman–Crippen LogP) is 2.83. The summed E-state index contributed by atoms with van der Waals surface area (Å²) in [7, 11) is 1.66. The van der Waals surface area contributed by atoms with Crippen LogP contribution >= 0.6 is 11.8 Å². The van der Waals surface area contributed by atoms with Crippen LogP contribution in [0.5, 0.6) is 0 Å². The first-order valence-corrected chi connectivity index (χ1v) is 8.01. The quantitative estimate of drug-likeness (QED) is 0.591. The van der Waals surface area contributed by atoms with Crippen molar-refractivity contribution >= 4 is 11.8 Å². The van der Waals surface area contributed by atoms with Crippen LogP contribution in [0.2, 0.25) is 0 Å². The van der Waals surface area contributed by atoms with E-state index in [1.54, 1.807) is 24.9 Å². The number of methoxy groups -OCH3 is 1. The number of thioether (sulfide) groups is 1. The molecule has 3 nitrogen and oxygen atoms in total. The molecule has 0 saturated carbocycles. The predicted molar refractivity (Wildman–Crippen MR) is 79.7 cm³/mol. The fourth-order valence-electron chi connectivity index (χ4n) is 2.19. The number of benzene rings is 1. The van der Waals surface area contributed by atoms with E-state index in [4.69, 9.17) is 9.47 Å². The third-order valence-corrected chi connectivity index (χ3v) is 4.54. The van der Waals surface area contributed by atoms with Crippen molar-refractivity contribution in [1.29, 1.82) is 0 Å². The molecule has 0 aromatic heterocycles. The maximum atomic E-state index is 13.9. The van der Waals surface area contributed by atoms with Crippen LogP contribution in [-0.4, -0.2) is 38.7 Å². The van der Waals surface area contributed by atoms with Crippen molar-refractivity contribution in [3.05, 3.63) is 29.6 Å². The van der Waals surface area contributed by atoms with E-state index in [2.05, 4.69) is 5.32 Å². The fraction of sp³-hybridized carbons (Fsp3) is 0.600. The lowest BCUT2D eigenvalue weighted by Crippen LogP contribution is -2.20. The minimum absolute atomic E-state index is 0.146. The number of halogens is 1. The summed E-state index contributed by atoms with van der Waals surface area (Å²) in [6.45, 7) is 2.75. The Kier molecular flexibility index (Phi) is 6.79. The lowest BCUT2D eigenvalue weighted by molar-refractivity contribution is 0.129. The second kappa shape index (κ2) is 8.62. The highest BCUT2D eigenvalue weighted by atomic mass is 32.2. The van der Waals surface area contributed by atoms with Crippen LogP contribution in [-0.2, 0) is 16.0 Å². The van der Waals surface area contributed by atoms with Gasteiger partial charge in [-0.25, -0.2) is 4.39 Å². The van der Waals surface area contributed by atoms with Crippen LogP contribution in [0.25, 0.3) is 0 Å². The van der Waals surface area contributed by atoms with Gasteiger partial charge in [0, 0.05) is 43.0 Å². The molecule has 1 heterocycles. The molecule has 2 rings (SSSR count). The zero-order valence-electron chi connectivity index (χ0n) is 11.9. The van der Waals surface area contributed by atoms with E-state index in [9.17, 15) is 4.39 Å². The largest absolute Gasteiger partial charge is 0.383 e. The van der Waals surface area contributed by atoms with E-state index in [0.29, 0.717) is 19.3 Å². The SMILES string of the molecule is COCCNCc1c(F)cccc1SCC1CCCO1. The monoisotopic (exact) mass is 299 g/mol. The third kappa shape index (κ3) is 4.74. The highest BCUT2D eigenvalue weighted by Crippen LogP contribution is 2.28. The number of rotatable bonds is 8. The first-order chi connectivity index (χ1) is 9.81. The molecular formula is C15H22FNO2S.